The van der Waals surface area contributed by atoms with Crippen LogP contribution in [-0.4, -0.2) is 32.6 Å². The van der Waals surface area contributed by atoms with Crippen LogP contribution in [0.1, 0.15) is 43.1 Å². The highest BCUT2D eigenvalue weighted by Gasteiger charge is 2.20. The minimum atomic E-state index is -0.351. The molecule has 0 radical (unpaired) electrons. The molecule has 0 fully saturated rings. The van der Waals surface area contributed by atoms with Crippen molar-refractivity contribution in [3.05, 3.63) is 59.3 Å². The van der Waals surface area contributed by atoms with Crippen molar-refractivity contribution in [2.24, 2.45) is 0 Å². The Morgan fingerprint density at radius 2 is 2.12 bits per heavy atom. The summed E-state index contributed by atoms with van der Waals surface area (Å²) in [4.78, 5) is 12.4. The summed E-state index contributed by atoms with van der Waals surface area (Å²) in [7, 11) is 0. The van der Waals surface area contributed by atoms with E-state index in [4.69, 9.17) is 10.3 Å². The molecular weight excluding hydrogens is 408 g/mol. The highest BCUT2D eigenvalue weighted by molar-refractivity contribution is 5.91. The lowest BCUT2D eigenvalue weighted by Crippen LogP contribution is -2.14. The van der Waals surface area contributed by atoms with Gasteiger partial charge >= 0.3 is 0 Å². The molecule has 0 bridgehead atoms. The molecule has 1 unspecified atom stereocenters. The maximum absolute atomic E-state index is 12.4. The molecule has 3 rings (SSSR count). The van der Waals surface area contributed by atoms with E-state index in [9.17, 15) is 15.2 Å². The van der Waals surface area contributed by atoms with Crippen molar-refractivity contribution < 1.29 is 14.4 Å². The van der Waals surface area contributed by atoms with Crippen molar-refractivity contribution in [1.82, 2.24) is 14.9 Å². The number of allylic oxidation sites excluding steroid dienone is 1. The van der Waals surface area contributed by atoms with E-state index in [1.54, 1.807) is 37.3 Å². The van der Waals surface area contributed by atoms with Gasteiger partial charge in [0.2, 0.25) is 11.8 Å². The first-order valence-corrected chi connectivity index (χ1v) is 10.2. The third-order valence-corrected chi connectivity index (χ3v) is 4.96. The van der Waals surface area contributed by atoms with Gasteiger partial charge in [0.1, 0.15) is 23.1 Å². The number of nitrogen functional groups attached to an aromatic ring is 1. The van der Waals surface area contributed by atoms with E-state index in [1.807, 2.05) is 6.92 Å². The predicted octanol–water partition coefficient (Wildman–Crippen LogP) is 3.24. The second-order valence-electron chi connectivity index (χ2n) is 7.76. The van der Waals surface area contributed by atoms with Gasteiger partial charge in [-0.25, -0.2) is 4.68 Å². The van der Waals surface area contributed by atoms with E-state index in [0.29, 0.717) is 23.6 Å². The zero-order valence-electron chi connectivity index (χ0n) is 18.1. The van der Waals surface area contributed by atoms with Crippen LogP contribution in [0.25, 0.3) is 11.3 Å². The van der Waals surface area contributed by atoms with Crippen LogP contribution in [0.3, 0.4) is 0 Å². The van der Waals surface area contributed by atoms with Gasteiger partial charge in [0.05, 0.1) is 24.8 Å². The second-order valence-corrected chi connectivity index (χ2v) is 7.76. The second kappa shape index (κ2) is 9.94. The zero-order chi connectivity index (χ0) is 23.3. The topological polar surface area (TPSA) is 143 Å². The lowest BCUT2D eigenvalue weighted by molar-refractivity contribution is -0.115. The average Bonchev–Trinajstić information content (AvgIpc) is 3.35. The van der Waals surface area contributed by atoms with Gasteiger partial charge in [0.15, 0.2) is 0 Å². The summed E-state index contributed by atoms with van der Waals surface area (Å²) < 4.78 is 6.61. The lowest BCUT2D eigenvalue weighted by Gasteiger charge is -2.09. The third-order valence-electron chi connectivity index (χ3n) is 4.96. The fraction of sp³-hybridized carbons (Fsp3) is 0.304. The number of hydrogen-bond donors (Lipinski definition) is 3. The van der Waals surface area contributed by atoms with Gasteiger partial charge in [-0.3, -0.25) is 10.1 Å². The third kappa shape index (κ3) is 5.22. The zero-order valence-corrected chi connectivity index (χ0v) is 18.1. The molecule has 9 nitrogen and oxygen atoms in total. The molecule has 2 heterocycles. The van der Waals surface area contributed by atoms with Gasteiger partial charge in [0, 0.05) is 11.6 Å². The maximum Gasteiger partial charge on any atom is 0.231 e. The number of carbonyl (C=O) groups is 1. The number of nitrogens with one attached hydrogen (secondary N) is 1. The van der Waals surface area contributed by atoms with Crippen LogP contribution in [0.5, 0.6) is 0 Å². The van der Waals surface area contributed by atoms with Crippen LogP contribution in [0.4, 0.5) is 11.7 Å². The molecule has 1 aromatic carbocycles. The van der Waals surface area contributed by atoms with Crippen LogP contribution < -0.4 is 11.1 Å². The smallest absolute Gasteiger partial charge is 0.231 e. The number of nitrogens with zero attached hydrogens (tertiary/aromatic N) is 4. The largest absolute Gasteiger partial charge is 0.394 e. The maximum atomic E-state index is 12.4. The number of aliphatic hydroxyl groups excluding tert-OH is 1. The van der Waals surface area contributed by atoms with Crippen LogP contribution in [0.15, 0.2) is 47.0 Å². The van der Waals surface area contributed by atoms with Crippen molar-refractivity contribution in [2.75, 3.05) is 17.7 Å². The van der Waals surface area contributed by atoms with E-state index in [2.05, 4.69) is 28.2 Å². The molecule has 4 N–H and O–H groups in total. The minimum absolute atomic E-state index is 0.144. The molecule has 0 saturated heterocycles. The summed E-state index contributed by atoms with van der Waals surface area (Å²) in [6.07, 6.45) is 1.66. The Morgan fingerprint density at radius 3 is 2.75 bits per heavy atom. The number of carbonyl (C=O) groups excluding carboxylic acids is 1. The molecule has 1 atom stereocenters. The number of aryl methyl sites for hydroxylation is 1. The average molecular weight is 435 g/mol. The summed E-state index contributed by atoms with van der Waals surface area (Å²) in [6.45, 7) is 7.42. The molecule has 0 aliphatic carbocycles. The number of aliphatic hydroxyl groups is 1. The van der Waals surface area contributed by atoms with Crippen molar-refractivity contribution >= 4 is 17.6 Å². The quantitative estimate of drug-likeness (QED) is 0.439. The van der Waals surface area contributed by atoms with Crippen molar-refractivity contribution in [3.63, 3.8) is 0 Å². The van der Waals surface area contributed by atoms with E-state index in [1.165, 1.54) is 4.68 Å². The van der Waals surface area contributed by atoms with Crippen molar-refractivity contribution in [2.45, 2.75) is 39.2 Å². The Morgan fingerprint density at radius 1 is 1.41 bits per heavy atom. The Bertz CT molecular complexity index is 1150. The Labute approximate surface area is 186 Å². The molecule has 1 amide bonds. The van der Waals surface area contributed by atoms with Gasteiger partial charge in [-0.05, 0) is 32.3 Å². The molecule has 3 aromatic rings. The fourth-order valence-electron chi connectivity index (χ4n) is 3.15. The van der Waals surface area contributed by atoms with Crippen LogP contribution >= 0.6 is 0 Å². The van der Waals surface area contributed by atoms with E-state index < -0.39 is 0 Å². The normalized spacial score (nSPS) is 11.7. The highest BCUT2D eigenvalue weighted by atomic mass is 16.5. The fourth-order valence-corrected chi connectivity index (χ4v) is 3.15. The molecule has 0 aliphatic rings. The molecule has 166 valence electrons. The van der Waals surface area contributed by atoms with Crippen molar-refractivity contribution in [3.8, 4) is 17.3 Å². The Kier molecular flexibility index (Phi) is 7.07. The van der Waals surface area contributed by atoms with Crippen LogP contribution in [0, 0.1) is 11.3 Å². The number of aromatic nitrogens is 3. The molecule has 9 heteroatoms. The number of hydrogen-bond acceptors (Lipinski definition) is 7. The molecule has 2 aromatic heterocycles. The SMILES string of the molecule is C=C(C)CCc1cc(NC(=O)Cc2ccc(-c3nn(C(C)CO)c(N)c3C#N)cc2)on1. The van der Waals surface area contributed by atoms with Crippen molar-refractivity contribution in [1.29, 1.82) is 5.26 Å². The number of rotatable bonds is 9. The van der Waals surface area contributed by atoms with Gasteiger partial charge in [-0.1, -0.05) is 35.0 Å². The van der Waals surface area contributed by atoms with Crippen LogP contribution in [-0.2, 0) is 17.6 Å². The predicted molar refractivity (Wildman–Crippen MR) is 121 cm³/mol. The van der Waals surface area contributed by atoms with Gasteiger partial charge < -0.3 is 15.4 Å². The highest BCUT2D eigenvalue weighted by Crippen LogP contribution is 2.28. The summed E-state index contributed by atoms with van der Waals surface area (Å²) >= 11 is 0. The molecule has 0 saturated carbocycles. The van der Waals surface area contributed by atoms with E-state index >= 15 is 0 Å². The first-order valence-electron chi connectivity index (χ1n) is 10.2. The summed E-state index contributed by atoms with van der Waals surface area (Å²) in [5.41, 5.74) is 10.0. The first kappa shape index (κ1) is 22.8. The Hall–Kier alpha value is -3.90. The monoisotopic (exact) mass is 434 g/mol. The summed E-state index contributed by atoms with van der Waals surface area (Å²) in [5.74, 6) is 0.284. The summed E-state index contributed by atoms with van der Waals surface area (Å²) in [5, 5.41) is 29.9. The minimum Gasteiger partial charge on any atom is -0.394 e. The number of nitriles is 1. The standard InChI is InChI=1S/C23H26N6O3/c1-14(2)4-9-18-11-21(32-28-18)26-20(31)10-16-5-7-17(8-6-16)22-19(12-24)23(25)29(27-22)15(3)13-30/h5-8,11,15,30H,1,4,9-10,13,25H2,2-3H3,(H,26,31). The summed E-state index contributed by atoms with van der Waals surface area (Å²) in [6, 6.07) is 10.6. The molecular formula is C23H26N6O3. The van der Waals surface area contributed by atoms with Crippen LogP contribution in [0.2, 0.25) is 0 Å². The van der Waals surface area contributed by atoms with Gasteiger partial charge in [-0.2, -0.15) is 10.4 Å². The van der Waals surface area contributed by atoms with E-state index in [-0.39, 0.29) is 36.4 Å². The number of nitrogens with two attached hydrogens (primary N) is 1. The lowest BCUT2D eigenvalue weighted by atomic mass is 10.0. The molecule has 32 heavy (non-hydrogen) atoms. The van der Waals surface area contributed by atoms with E-state index in [0.717, 1.165) is 23.3 Å². The number of anilines is 2. The Balaban J connectivity index is 1.67. The molecule has 0 aliphatic heterocycles. The van der Waals surface area contributed by atoms with Gasteiger partial charge in [0.25, 0.3) is 0 Å². The van der Waals surface area contributed by atoms with Gasteiger partial charge in [-0.15, -0.1) is 6.58 Å². The molecule has 0 spiro atoms. The first-order chi connectivity index (χ1) is 15.3. The number of benzene rings is 1. The number of amides is 1.